The van der Waals surface area contributed by atoms with Gasteiger partial charge in [-0.2, -0.15) is 13.2 Å². The first kappa shape index (κ1) is 25.3. The fourth-order valence-corrected chi connectivity index (χ4v) is 4.02. The third-order valence-corrected chi connectivity index (χ3v) is 5.95. The molecule has 3 rings (SSSR count). The lowest BCUT2D eigenvalue weighted by molar-refractivity contribution is -0.271. The van der Waals surface area contributed by atoms with Crippen molar-refractivity contribution in [1.82, 2.24) is 10.2 Å². The molecular weight excluding hydrogens is 469 g/mol. The minimum Gasteiger partial charge on any atom is -0.479 e. The van der Waals surface area contributed by atoms with Crippen molar-refractivity contribution in [3.05, 3.63) is 41.1 Å². The molecule has 1 aromatic carbocycles. The Labute approximate surface area is 190 Å². The van der Waals surface area contributed by atoms with Gasteiger partial charge in [-0.3, -0.25) is 5.10 Å². The summed E-state index contributed by atoms with van der Waals surface area (Å²) in [7, 11) is 0. The van der Waals surface area contributed by atoms with Crippen molar-refractivity contribution >= 4 is 17.7 Å². The van der Waals surface area contributed by atoms with E-state index in [1.54, 1.807) is 23.9 Å². The highest BCUT2D eigenvalue weighted by atomic mass is 32.2. The van der Waals surface area contributed by atoms with Crippen LogP contribution in [-0.4, -0.2) is 73.1 Å². The molecule has 13 heteroatoms. The van der Waals surface area contributed by atoms with Crippen LogP contribution in [0.25, 0.3) is 0 Å². The van der Waals surface area contributed by atoms with Gasteiger partial charge in [0.25, 0.3) is 0 Å². The Morgan fingerprint density at radius 2 is 1.82 bits per heavy atom. The lowest BCUT2D eigenvalue weighted by Crippen LogP contribution is -2.61. The number of hydrogen-bond acceptors (Lipinski definition) is 8. The summed E-state index contributed by atoms with van der Waals surface area (Å²) < 4.78 is 50.7. The Morgan fingerprint density at radius 3 is 2.39 bits per heavy atom. The standard InChI is InChI=1S/C20H23F3N2O7S/c1-2-33-10-6-3-9(4-7-10)5-8-11-16(20(21,22)23)24-25-17(11)32-19-14(28)12(26)13(27)15(31-19)18(29)30/h3-4,6-7,12-15,19,26-28H,2,5,8H2,1H3,(H,24,25)(H,29,30)/t12-,13-,14+,15-,19-/m0/s1. The predicted molar refractivity (Wildman–Crippen MR) is 109 cm³/mol. The molecule has 0 saturated carbocycles. The number of ether oxygens (including phenoxy) is 2. The zero-order chi connectivity index (χ0) is 24.3. The van der Waals surface area contributed by atoms with Crippen LogP contribution in [0, 0.1) is 0 Å². The summed E-state index contributed by atoms with van der Waals surface area (Å²) in [5.74, 6) is -1.32. The second-order valence-corrected chi connectivity index (χ2v) is 8.65. The number of rotatable bonds is 8. The van der Waals surface area contributed by atoms with Gasteiger partial charge < -0.3 is 29.9 Å². The SMILES string of the molecule is CCSc1ccc(CCc2c(O[C@@H]3O[C@H](C(=O)O)[C@@H](O)[C@H](O)[C@H]3O)n[nH]c2C(F)(F)F)cc1. The lowest BCUT2D eigenvalue weighted by Gasteiger charge is -2.38. The van der Waals surface area contributed by atoms with Gasteiger partial charge >= 0.3 is 12.1 Å². The van der Waals surface area contributed by atoms with Gasteiger partial charge in [0.2, 0.25) is 12.2 Å². The fraction of sp³-hybridized carbons (Fsp3) is 0.500. The van der Waals surface area contributed by atoms with Crippen LogP contribution in [0.4, 0.5) is 13.2 Å². The molecule has 0 bridgehead atoms. The second-order valence-electron chi connectivity index (χ2n) is 7.31. The van der Waals surface area contributed by atoms with Gasteiger partial charge in [0.05, 0.1) is 0 Å². The Hall–Kier alpha value is -2.32. The number of alkyl halides is 3. The van der Waals surface area contributed by atoms with E-state index in [0.29, 0.717) is 0 Å². The predicted octanol–water partition coefficient (Wildman–Crippen LogP) is 1.60. The minimum absolute atomic E-state index is 0.142. The number of aliphatic hydroxyl groups is 3. The van der Waals surface area contributed by atoms with Gasteiger partial charge in [-0.1, -0.05) is 19.1 Å². The van der Waals surface area contributed by atoms with Crippen molar-refractivity contribution in [1.29, 1.82) is 0 Å². The number of thioether (sulfide) groups is 1. The number of aromatic nitrogens is 2. The van der Waals surface area contributed by atoms with E-state index in [0.717, 1.165) is 16.2 Å². The number of hydrogen-bond donors (Lipinski definition) is 5. The molecule has 5 N–H and O–H groups in total. The van der Waals surface area contributed by atoms with E-state index in [1.165, 1.54) is 0 Å². The van der Waals surface area contributed by atoms with E-state index in [1.807, 2.05) is 24.2 Å². The highest BCUT2D eigenvalue weighted by Crippen LogP contribution is 2.36. The van der Waals surface area contributed by atoms with E-state index in [2.05, 4.69) is 5.10 Å². The molecule has 0 aliphatic carbocycles. The maximum absolute atomic E-state index is 13.5. The molecule has 1 saturated heterocycles. The maximum Gasteiger partial charge on any atom is 0.433 e. The molecule has 1 fully saturated rings. The maximum atomic E-state index is 13.5. The molecule has 2 heterocycles. The van der Waals surface area contributed by atoms with Gasteiger partial charge in [0.1, 0.15) is 24.0 Å². The summed E-state index contributed by atoms with van der Waals surface area (Å²) >= 11 is 1.63. The molecule has 0 spiro atoms. The van der Waals surface area contributed by atoms with E-state index < -0.39 is 54.4 Å². The van der Waals surface area contributed by atoms with Crippen LogP contribution < -0.4 is 4.74 Å². The first-order valence-electron chi connectivity index (χ1n) is 9.98. The number of aliphatic carboxylic acids is 1. The lowest BCUT2D eigenvalue weighted by atomic mass is 9.99. The number of benzene rings is 1. The molecule has 9 nitrogen and oxygen atoms in total. The van der Waals surface area contributed by atoms with Crippen LogP contribution in [0.15, 0.2) is 29.2 Å². The average Bonchev–Trinajstić information content (AvgIpc) is 3.16. The first-order chi connectivity index (χ1) is 15.5. The second kappa shape index (κ2) is 10.3. The fourth-order valence-electron chi connectivity index (χ4n) is 3.36. The highest BCUT2D eigenvalue weighted by Gasteiger charge is 2.49. The van der Waals surface area contributed by atoms with Crippen LogP contribution in [0.1, 0.15) is 23.7 Å². The van der Waals surface area contributed by atoms with E-state index in [9.17, 15) is 33.3 Å². The molecule has 0 radical (unpaired) electrons. The highest BCUT2D eigenvalue weighted by molar-refractivity contribution is 7.99. The third kappa shape index (κ3) is 5.79. The number of carboxylic acid groups (broad SMARTS) is 1. The van der Waals surface area contributed by atoms with Gasteiger partial charge in [0.15, 0.2) is 6.10 Å². The quantitative estimate of drug-likeness (QED) is 0.347. The molecule has 0 amide bonds. The number of carbonyl (C=O) groups is 1. The smallest absolute Gasteiger partial charge is 0.433 e. The number of halogens is 3. The summed E-state index contributed by atoms with van der Waals surface area (Å²) in [6, 6.07) is 7.34. The van der Waals surface area contributed by atoms with Crippen molar-refractivity contribution in [3.8, 4) is 5.88 Å². The molecule has 182 valence electrons. The molecular formula is C20H23F3N2O7S. The third-order valence-electron chi connectivity index (χ3n) is 5.05. The summed E-state index contributed by atoms with van der Waals surface area (Å²) in [6.07, 6.45) is -14.4. The number of aliphatic hydroxyl groups excluding tert-OH is 3. The number of aromatic amines is 1. The molecule has 5 atom stereocenters. The van der Waals surface area contributed by atoms with Gasteiger partial charge in [0, 0.05) is 10.5 Å². The number of carboxylic acids is 1. The zero-order valence-electron chi connectivity index (χ0n) is 17.3. The molecule has 0 unspecified atom stereocenters. The summed E-state index contributed by atoms with van der Waals surface area (Å²) in [5.41, 5.74) is -0.733. The van der Waals surface area contributed by atoms with Crippen molar-refractivity contribution in [2.24, 2.45) is 0 Å². The van der Waals surface area contributed by atoms with Gasteiger partial charge in [-0.05, 0) is 36.3 Å². The van der Waals surface area contributed by atoms with Crippen molar-refractivity contribution in [3.63, 3.8) is 0 Å². The zero-order valence-corrected chi connectivity index (χ0v) is 18.1. The first-order valence-corrected chi connectivity index (χ1v) is 11.0. The number of nitrogens with zero attached hydrogens (tertiary/aromatic N) is 1. The Kier molecular flexibility index (Phi) is 7.90. The molecule has 2 aromatic rings. The normalized spacial score (nSPS) is 25.7. The van der Waals surface area contributed by atoms with Crippen molar-refractivity contribution < 1.29 is 47.9 Å². The monoisotopic (exact) mass is 492 g/mol. The van der Waals surface area contributed by atoms with E-state index >= 15 is 0 Å². The van der Waals surface area contributed by atoms with Crippen LogP contribution in [-0.2, 0) is 28.5 Å². The van der Waals surface area contributed by atoms with E-state index in [-0.39, 0.29) is 18.4 Å². The topological polar surface area (TPSA) is 145 Å². The van der Waals surface area contributed by atoms with E-state index in [4.69, 9.17) is 14.6 Å². The van der Waals surface area contributed by atoms with Gasteiger partial charge in [-0.15, -0.1) is 16.9 Å². The molecule has 1 aliphatic heterocycles. The van der Waals surface area contributed by atoms with Crippen LogP contribution >= 0.6 is 11.8 Å². The Bertz CT molecular complexity index is 954. The van der Waals surface area contributed by atoms with Gasteiger partial charge in [-0.25, -0.2) is 4.79 Å². The average molecular weight is 492 g/mol. The van der Waals surface area contributed by atoms with Crippen molar-refractivity contribution in [2.45, 2.75) is 61.5 Å². The van der Waals surface area contributed by atoms with Crippen LogP contribution in [0.3, 0.4) is 0 Å². The minimum atomic E-state index is -4.78. The number of nitrogens with one attached hydrogen (secondary N) is 1. The molecule has 1 aliphatic rings. The number of H-pyrrole nitrogens is 1. The largest absolute Gasteiger partial charge is 0.479 e. The molecule has 33 heavy (non-hydrogen) atoms. The Morgan fingerprint density at radius 1 is 1.15 bits per heavy atom. The van der Waals surface area contributed by atoms with Crippen LogP contribution in [0.5, 0.6) is 5.88 Å². The summed E-state index contributed by atoms with van der Waals surface area (Å²) in [5, 5.41) is 44.2. The van der Waals surface area contributed by atoms with Crippen LogP contribution in [0.2, 0.25) is 0 Å². The Balaban J connectivity index is 1.82. The van der Waals surface area contributed by atoms with Crippen molar-refractivity contribution in [2.75, 3.05) is 5.75 Å². The summed E-state index contributed by atoms with van der Waals surface area (Å²) in [6.45, 7) is 2.00. The molecule has 1 aromatic heterocycles. The summed E-state index contributed by atoms with van der Waals surface area (Å²) in [4.78, 5) is 12.3. The number of aryl methyl sites for hydroxylation is 1.